The number of nitrogens with one attached hydrogen (secondary N) is 2. The molecule has 1 rings (SSSR count). The van der Waals surface area contributed by atoms with Gasteiger partial charge in [0, 0.05) is 13.7 Å². The monoisotopic (exact) mass is 215 g/mol. The highest BCUT2D eigenvalue weighted by atomic mass is 16.5. The molecule has 1 saturated carbocycles. The molecule has 4 N–H and O–H groups in total. The maximum absolute atomic E-state index is 11.3. The SMILES string of the molecule is COCCNC(=O)CNC(=O)C1(N)CC1. The predicted molar refractivity (Wildman–Crippen MR) is 54.0 cm³/mol. The van der Waals surface area contributed by atoms with Crippen LogP contribution in [0.25, 0.3) is 0 Å². The van der Waals surface area contributed by atoms with Crippen LogP contribution in [0.1, 0.15) is 12.8 Å². The molecule has 0 bridgehead atoms. The van der Waals surface area contributed by atoms with Gasteiger partial charge in [-0.25, -0.2) is 0 Å². The van der Waals surface area contributed by atoms with E-state index in [1.807, 2.05) is 0 Å². The van der Waals surface area contributed by atoms with Gasteiger partial charge in [-0.15, -0.1) is 0 Å². The number of hydrogen-bond donors (Lipinski definition) is 3. The van der Waals surface area contributed by atoms with Crippen molar-refractivity contribution in [3.8, 4) is 0 Å². The molecule has 86 valence electrons. The van der Waals surface area contributed by atoms with Gasteiger partial charge in [0.25, 0.3) is 0 Å². The first kappa shape index (κ1) is 11.9. The van der Waals surface area contributed by atoms with Crippen LogP contribution in [-0.4, -0.2) is 44.2 Å². The van der Waals surface area contributed by atoms with E-state index in [-0.39, 0.29) is 18.4 Å². The van der Waals surface area contributed by atoms with Crippen LogP contribution in [0.4, 0.5) is 0 Å². The molecular formula is C9H17N3O3. The first-order chi connectivity index (χ1) is 7.08. The third-order valence-electron chi connectivity index (χ3n) is 2.28. The van der Waals surface area contributed by atoms with Crippen LogP contribution in [0.3, 0.4) is 0 Å². The molecule has 0 heterocycles. The summed E-state index contributed by atoms with van der Waals surface area (Å²) in [6.45, 7) is 0.876. The highest BCUT2D eigenvalue weighted by molar-refractivity contribution is 5.92. The number of carbonyl (C=O) groups excluding carboxylic acids is 2. The van der Waals surface area contributed by atoms with Crippen LogP contribution in [0.15, 0.2) is 0 Å². The van der Waals surface area contributed by atoms with E-state index in [4.69, 9.17) is 10.5 Å². The normalized spacial score (nSPS) is 16.9. The van der Waals surface area contributed by atoms with E-state index in [2.05, 4.69) is 10.6 Å². The van der Waals surface area contributed by atoms with Gasteiger partial charge >= 0.3 is 0 Å². The van der Waals surface area contributed by atoms with Gasteiger partial charge in [-0.3, -0.25) is 9.59 Å². The molecule has 0 aromatic carbocycles. The number of ether oxygens (including phenoxy) is 1. The number of methoxy groups -OCH3 is 1. The average Bonchev–Trinajstić information content (AvgIpc) is 2.95. The van der Waals surface area contributed by atoms with E-state index in [0.717, 1.165) is 0 Å². The second-order valence-corrected chi connectivity index (χ2v) is 3.68. The standard InChI is InChI=1S/C9H17N3O3/c1-15-5-4-11-7(13)6-12-8(14)9(10)2-3-9/h2-6,10H2,1H3,(H,11,13)(H,12,14). The van der Waals surface area contributed by atoms with Crippen LogP contribution in [-0.2, 0) is 14.3 Å². The fourth-order valence-corrected chi connectivity index (χ4v) is 1.05. The van der Waals surface area contributed by atoms with Crippen LogP contribution in [0, 0.1) is 0 Å². The third kappa shape index (κ3) is 3.85. The Bertz CT molecular complexity index is 251. The van der Waals surface area contributed by atoms with Gasteiger partial charge in [-0.2, -0.15) is 0 Å². The maximum atomic E-state index is 11.3. The largest absolute Gasteiger partial charge is 0.383 e. The summed E-state index contributed by atoms with van der Waals surface area (Å²) in [5, 5.41) is 5.09. The summed E-state index contributed by atoms with van der Waals surface area (Å²) in [4.78, 5) is 22.5. The first-order valence-corrected chi connectivity index (χ1v) is 4.91. The van der Waals surface area contributed by atoms with Gasteiger partial charge in [0.05, 0.1) is 18.7 Å². The van der Waals surface area contributed by atoms with Gasteiger partial charge in [-0.1, -0.05) is 0 Å². The Balaban J connectivity index is 2.08. The van der Waals surface area contributed by atoms with Gasteiger partial charge < -0.3 is 21.1 Å². The van der Waals surface area contributed by atoms with Crippen molar-refractivity contribution in [2.24, 2.45) is 5.73 Å². The molecule has 1 aliphatic rings. The number of nitrogens with two attached hydrogens (primary N) is 1. The van der Waals surface area contributed by atoms with Crippen LogP contribution in [0.5, 0.6) is 0 Å². The summed E-state index contributed by atoms with van der Waals surface area (Å²) in [5.41, 5.74) is 4.92. The molecular weight excluding hydrogens is 198 g/mol. The quantitative estimate of drug-likeness (QED) is 0.463. The summed E-state index contributed by atoms with van der Waals surface area (Å²) < 4.78 is 4.76. The second-order valence-electron chi connectivity index (χ2n) is 3.68. The van der Waals surface area contributed by atoms with E-state index >= 15 is 0 Å². The molecule has 2 amide bonds. The van der Waals surface area contributed by atoms with Gasteiger partial charge in [0.2, 0.25) is 11.8 Å². The minimum atomic E-state index is -0.715. The number of amides is 2. The zero-order valence-corrected chi connectivity index (χ0v) is 8.84. The smallest absolute Gasteiger partial charge is 0.240 e. The molecule has 0 spiro atoms. The molecule has 6 nitrogen and oxygen atoms in total. The van der Waals surface area contributed by atoms with E-state index < -0.39 is 5.54 Å². The summed E-state index contributed by atoms with van der Waals surface area (Å²) in [6, 6.07) is 0. The van der Waals surface area contributed by atoms with Crippen molar-refractivity contribution < 1.29 is 14.3 Å². The Kier molecular flexibility index (Phi) is 4.05. The molecule has 0 saturated heterocycles. The fraction of sp³-hybridized carbons (Fsp3) is 0.778. The van der Waals surface area contributed by atoms with E-state index in [1.54, 1.807) is 7.11 Å². The molecule has 0 unspecified atom stereocenters. The Hall–Kier alpha value is -1.14. The van der Waals surface area contributed by atoms with Crippen LogP contribution in [0.2, 0.25) is 0 Å². The van der Waals surface area contributed by atoms with Crippen molar-refractivity contribution in [2.75, 3.05) is 26.8 Å². The van der Waals surface area contributed by atoms with Crippen molar-refractivity contribution >= 4 is 11.8 Å². The Morgan fingerprint density at radius 1 is 1.40 bits per heavy atom. The van der Waals surface area contributed by atoms with Gasteiger partial charge in [0.15, 0.2) is 0 Å². The molecule has 6 heteroatoms. The van der Waals surface area contributed by atoms with Crippen molar-refractivity contribution in [3.63, 3.8) is 0 Å². The molecule has 1 fully saturated rings. The minimum Gasteiger partial charge on any atom is -0.383 e. The summed E-state index contributed by atoms with van der Waals surface area (Å²) in [5.74, 6) is -0.478. The maximum Gasteiger partial charge on any atom is 0.240 e. The highest BCUT2D eigenvalue weighted by Crippen LogP contribution is 2.31. The van der Waals surface area contributed by atoms with Crippen LogP contribution >= 0.6 is 0 Å². The van der Waals surface area contributed by atoms with Crippen molar-refractivity contribution in [1.29, 1.82) is 0 Å². The number of carbonyl (C=O) groups is 2. The van der Waals surface area contributed by atoms with Crippen molar-refractivity contribution in [2.45, 2.75) is 18.4 Å². The molecule has 0 aliphatic heterocycles. The Labute approximate surface area is 88.5 Å². The van der Waals surface area contributed by atoms with E-state index in [0.29, 0.717) is 26.0 Å². The average molecular weight is 215 g/mol. The number of hydrogen-bond acceptors (Lipinski definition) is 4. The lowest BCUT2D eigenvalue weighted by Gasteiger charge is -2.09. The van der Waals surface area contributed by atoms with Gasteiger partial charge in [-0.05, 0) is 12.8 Å². The minimum absolute atomic E-state index is 0.0263. The lowest BCUT2D eigenvalue weighted by atomic mass is 10.3. The lowest BCUT2D eigenvalue weighted by molar-refractivity contribution is -0.127. The highest BCUT2D eigenvalue weighted by Gasteiger charge is 2.45. The summed E-state index contributed by atoms with van der Waals surface area (Å²) >= 11 is 0. The molecule has 0 aromatic heterocycles. The van der Waals surface area contributed by atoms with E-state index in [1.165, 1.54) is 0 Å². The van der Waals surface area contributed by atoms with Crippen LogP contribution < -0.4 is 16.4 Å². The van der Waals surface area contributed by atoms with Crippen molar-refractivity contribution in [3.05, 3.63) is 0 Å². The lowest BCUT2D eigenvalue weighted by Crippen LogP contribution is -2.46. The molecule has 0 aromatic rings. The molecule has 1 aliphatic carbocycles. The zero-order valence-electron chi connectivity index (χ0n) is 8.84. The molecule has 15 heavy (non-hydrogen) atoms. The van der Waals surface area contributed by atoms with E-state index in [9.17, 15) is 9.59 Å². The summed E-state index contributed by atoms with van der Waals surface area (Å²) in [6.07, 6.45) is 1.40. The predicted octanol–water partition coefficient (Wildman–Crippen LogP) is -1.64. The van der Waals surface area contributed by atoms with Gasteiger partial charge in [0.1, 0.15) is 0 Å². The molecule has 0 atom stereocenters. The zero-order chi connectivity index (χ0) is 11.3. The Morgan fingerprint density at radius 3 is 2.60 bits per heavy atom. The van der Waals surface area contributed by atoms with Crippen molar-refractivity contribution in [1.82, 2.24) is 10.6 Å². The molecule has 0 radical (unpaired) electrons. The second kappa shape index (κ2) is 5.09. The third-order valence-corrected chi connectivity index (χ3v) is 2.28. The number of rotatable bonds is 6. The fourth-order valence-electron chi connectivity index (χ4n) is 1.05. The topological polar surface area (TPSA) is 93.5 Å². The Morgan fingerprint density at radius 2 is 2.07 bits per heavy atom. The first-order valence-electron chi connectivity index (χ1n) is 4.91. The summed E-state index contributed by atoms with van der Waals surface area (Å²) in [7, 11) is 1.55.